The van der Waals surface area contributed by atoms with Crippen LogP contribution in [0.2, 0.25) is 0 Å². The van der Waals surface area contributed by atoms with Gasteiger partial charge in [0.25, 0.3) is 5.95 Å². The van der Waals surface area contributed by atoms with Gasteiger partial charge in [-0.2, -0.15) is 5.10 Å². The van der Waals surface area contributed by atoms with Gasteiger partial charge in [-0.1, -0.05) is 18.2 Å². The summed E-state index contributed by atoms with van der Waals surface area (Å²) in [6.45, 7) is 0. The molecule has 2 heterocycles. The highest BCUT2D eigenvalue weighted by molar-refractivity contribution is 6.01. The number of benzene rings is 1. The summed E-state index contributed by atoms with van der Waals surface area (Å²) in [7, 11) is 0. The number of nitrogens with one attached hydrogen (secondary N) is 1. The first-order valence-electron chi connectivity index (χ1n) is 6.78. The zero-order valence-electron chi connectivity index (χ0n) is 11.9. The number of halogens is 1. The summed E-state index contributed by atoms with van der Waals surface area (Å²) >= 11 is 0. The summed E-state index contributed by atoms with van der Waals surface area (Å²) in [6.07, 6.45) is 8.93. The smallest absolute Gasteiger partial charge is 0.250 e. The van der Waals surface area contributed by atoms with Crippen LogP contribution in [0, 0.1) is 5.82 Å². The second-order valence-electron chi connectivity index (χ2n) is 4.57. The maximum atomic E-state index is 13.4. The third kappa shape index (κ3) is 3.65. The van der Waals surface area contributed by atoms with Gasteiger partial charge < -0.3 is 5.32 Å². The Morgan fingerprint density at radius 3 is 2.65 bits per heavy atom. The van der Waals surface area contributed by atoms with Crippen molar-refractivity contribution in [3.8, 4) is 5.95 Å². The first-order chi connectivity index (χ1) is 11.2. The molecule has 0 fully saturated rings. The molecule has 0 saturated carbocycles. The van der Waals surface area contributed by atoms with Crippen molar-refractivity contribution in [3.63, 3.8) is 0 Å². The number of hydrogen-bond acceptors (Lipinski definition) is 4. The Balaban J connectivity index is 1.65. The molecule has 0 unspecified atom stereocenters. The van der Waals surface area contributed by atoms with E-state index in [9.17, 15) is 9.18 Å². The molecule has 0 radical (unpaired) electrons. The molecule has 0 aliphatic heterocycles. The predicted octanol–water partition coefficient (Wildman–Crippen LogP) is 2.45. The fourth-order valence-corrected chi connectivity index (χ4v) is 1.85. The van der Waals surface area contributed by atoms with Crippen molar-refractivity contribution >= 4 is 17.7 Å². The molecule has 0 atom stereocenters. The normalized spacial score (nSPS) is 10.8. The van der Waals surface area contributed by atoms with Gasteiger partial charge in [0.1, 0.15) is 5.82 Å². The molecule has 1 N–H and O–H groups in total. The van der Waals surface area contributed by atoms with Gasteiger partial charge in [-0.05, 0) is 18.2 Å². The van der Waals surface area contributed by atoms with Crippen molar-refractivity contribution in [2.24, 2.45) is 0 Å². The van der Waals surface area contributed by atoms with Crippen LogP contribution in [0.25, 0.3) is 12.0 Å². The Bertz CT molecular complexity index is 828. The Kier molecular flexibility index (Phi) is 4.19. The summed E-state index contributed by atoms with van der Waals surface area (Å²) in [6, 6.07) is 7.96. The van der Waals surface area contributed by atoms with E-state index < -0.39 is 5.91 Å². The minimum atomic E-state index is -0.399. The van der Waals surface area contributed by atoms with Crippen LogP contribution in [0.4, 0.5) is 10.1 Å². The summed E-state index contributed by atoms with van der Waals surface area (Å²) in [5.74, 6) is -0.387. The van der Waals surface area contributed by atoms with Crippen LogP contribution < -0.4 is 5.32 Å². The van der Waals surface area contributed by atoms with Crippen LogP contribution in [0.3, 0.4) is 0 Å². The van der Waals surface area contributed by atoms with Crippen molar-refractivity contribution in [1.29, 1.82) is 0 Å². The molecular formula is C16H12FN5O. The summed E-state index contributed by atoms with van der Waals surface area (Å²) in [5, 5.41) is 6.61. The average molecular weight is 309 g/mol. The lowest BCUT2D eigenvalue weighted by molar-refractivity contribution is -0.111. The van der Waals surface area contributed by atoms with E-state index in [0.717, 1.165) is 0 Å². The molecule has 2 aromatic heterocycles. The van der Waals surface area contributed by atoms with Crippen molar-refractivity contribution in [2.45, 2.75) is 0 Å². The van der Waals surface area contributed by atoms with Gasteiger partial charge in [-0.3, -0.25) is 4.79 Å². The van der Waals surface area contributed by atoms with Gasteiger partial charge in [0.15, 0.2) is 0 Å². The monoisotopic (exact) mass is 309 g/mol. The summed E-state index contributed by atoms with van der Waals surface area (Å²) in [4.78, 5) is 20.0. The molecule has 114 valence electrons. The highest BCUT2D eigenvalue weighted by Crippen LogP contribution is 2.09. The van der Waals surface area contributed by atoms with Crippen LogP contribution in [0.15, 0.2) is 61.2 Å². The summed E-state index contributed by atoms with van der Waals surface area (Å²) < 4.78 is 14.9. The van der Waals surface area contributed by atoms with Gasteiger partial charge in [-0.25, -0.2) is 19.0 Å². The minimum Gasteiger partial charge on any atom is -0.320 e. The Labute approximate surface area is 131 Å². The Hall–Kier alpha value is -3.35. The third-order valence-corrected chi connectivity index (χ3v) is 2.93. The van der Waals surface area contributed by atoms with Crippen molar-refractivity contribution in [2.75, 3.05) is 5.32 Å². The van der Waals surface area contributed by atoms with E-state index >= 15 is 0 Å². The largest absolute Gasteiger partial charge is 0.320 e. The van der Waals surface area contributed by atoms with Gasteiger partial charge in [0, 0.05) is 24.0 Å². The molecule has 1 amide bonds. The number of nitrogens with zero attached hydrogens (tertiary/aromatic N) is 4. The number of amides is 1. The second kappa shape index (κ2) is 6.61. The average Bonchev–Trinajstić information content (AvgIpc) is 3.09. The van der Waals surface area contributed by atoms with Gasteiger partial charge in [-0.15, -0.1) is 0 Å². The van der Waals surface area contributed by atoms with Crippen LogP contribution in [-0.4, -0.2) is 25.7 Å². The number of aromatic nitrogens is 4. The lowest BCUT2D eigenvalue weighted by atomic mass is 10.2. The molecular weight excluding hydrogens is 297 g/mol. The molecule has 1 aromatic carbocycles. The molecule has 0 bridgehead atoms. The van der Waals surface area contributed by atoms with E-state index in [-0.39, 0.29) is 5.82 Å². The quantitative estimate of drug-likeness (QED) is 0.751. The van der Waals surface area contributed by atoms with E-state index in [4.69, 9.17) is 0 Å². The Morgan fingerprint density at radius 2 is 1.96 bits per heavy atom. The van der Waals surface area contributed by atoms with E-state index in [0.29, 0.717) is 17.2 Å². The number of anilines is 1. The molecule has 0 spiro atoms. The van der Waals surface area contributed by atoms with Crippen LogP contribution in [-0.2, 0) is 4.79 Å². The fourth-order valence-electron chi connectivity index (χ4n) is 1.85. The van der Waals surface area contributed by atoms with Crippen molar-refractivity contribution < 1.29 is 9.18 Å². The van der Waals surface area contributed by atoms with Crippen LogP contribution in [0.5, 0.6) is 0 Å². The fraction of sp³-hybridized carbons (Fsp3) is 0. The zero-order chi connectivity index (χ0) is 16.1. The van der Waals surface area contributed by atoms with Gasteiger partial charge in [0.2, 0.25) is 5.91 Å². The highest BCUT2D eigenvalue weighted by Gasteiger charge is 2.03. The molecule has 0 saturated heterocycles. The number of carbonyl (C=O) groups excluding carboxylic acids is 1. The molecule has 3 rings (SSSR count). The van der Waals surface area contributed by atoms with E-state index in [2.05, 4.69) is 20.4 Å². The molecule has 6 nitrogen and oxygen atoms in total. The van der Waals surface area contributed by atoms with Crippen LogP contribution >= 0.6 is 0 Å². The molecule has 23 heavy (non-hydrogen) atoms. The minimum absolute atomic E-state index is 0.341. The predicted molar refractivity (Wildman–Crippen MR) is 83.2 cm³/mol. The summed E-state index contributed by atoms with van der Waals surface area (Å²) in [5.41, 5.74) is 0.775. The third-order valence-electron chi connectivity index (χ3n) is 2.93. The standard InChI is InChI=1S/C16H12FN5O/c17-14-5-2-1-4-12(14)6-7-15(23)21-13-10-18-16(19-11-13)22-9-3-8-20-22/h1-11H,(H,21,23)/b7-6+. The maximum absolute atomic E-state index is 13.4. The SMILES string of the molecule is O=C(/C=C/c1ccccc1F)Nc1cnc(-n2cccn2)nc1. The highest BCUT2D eigenvalue weighted by atomic mass is 19.1. The van der Waals surface area contributed by atoms with Crippen molar-refractivity contribution in [3.05, 3.63) is 72.6 Å². The lowest BCUT2D eigenvalue weighted by Crippen LogP contribution is -2.09. The van der Waals surface area contributed by atoms with E-state index in [1.807, 2.05) is 0 Å². The van der Waals surface area contributed by atoms with E-state index in [1.165, 1.54) is 35.3 Å². The molecule has 3 aromatic rings. The Morgan fingerprint density at radius 1 is 1.17 bits per heavy atom. The van der Waals surface area contributed by atoms with Gasteiger partial charge in [0.05, 0.1) is 18.1 Å². The van der Waals surface area contributed by atoms with E-state index in [1.54, 1.807) is 36.7 Å². The number of carbonyl (C=O) groups is 1. The zero-order valence-corrected chi connectivity index (χ0v) is 11.9. The van der Waals surface area contributed by atoms with Crippen molar-refractivity contribution in [1.82, 2.24) is 19.7 Å². The molecule has 7 heteroatoms. The maximum Gasteiger partial charge on any atom is 0.250 e. The molecule has 0 aliphatic carbocycles. The van der Waals surface area contributed by atoms with Gasteiger partial charge >= 0.3 is 0 Å². The second-order valence-corrected chi connectivity index (χ2v) is 4.57. The first-order valence-corrected chi connectivity index (χ1v) is 6.78. The number of rotatable bonds is 4. The van der Waals surface area contributed by atoms with Crippen LogP contribution in [0.1, 0.15) is 5.56 Å². The topological polar surface area (TPSA) is 72.7 Å². The number of hydrogen-bond donors (Lipinski definition) is 1. The first kappa shape index (κ1) is 14.6. The molecule has 0 aliphatic rings. The lowest BCUT2D eigenvalue weighted by Gasteiger charge is -2.03.